The van der Waals surface area contributed by atoms with Gasteiger partial charge in [-0.25, -0.2) is 4.98 Å². The lowest BCUT2D eigenvalue weighted by atomic mass is 9.97. The van der Waals surface area contributed by atoms with Crippen molar-refractivity contribution in [1.29, 1.82) is 0 Å². The van der Waals surface area contributed by atoms with Crippen molar-refractivity contribution in [3.63, 3.8) is 0 Å². The zero-order chi connectivity index (χ0) is 26.0. The van der Waals surface area contributed by atoms with Crippen molar-refractivity contribution in [3.8, 4) is 0 Å². The molecule has 1 unspecified atom stereocenters. The standard InChI is InChI=1S/C30H31N3O3S/c1-3-31-29(35)25-16-14-23(15-17-25)20-33(30-32-26(21-37-30)19-28(34)36-2)27(24-12-8-5-9-13-24)18-22-10-6-4-7-11-22/h4-17,21,27H,3,18-20H2,1-2H3,(H,31,35). The van der Waals surface area contributed by atoms with E-state index in [9.17, 15) is 9.59 Å². The van der Waals surface area contributed by atoms with Crippen LogP contribution in [-0.2, 0) is 28.9 Å². The predicted octanol–water partition coefficient (Wildman–Crippen LogP) is 5.60. The highest BCUT2D eigenvalue weighted by Crippen LogP contribution is 2.34. The van der Waals surface area contributed by atoms with Crippen molar-refractivity contribution < 1.29 is 14.3 Å². The van der Waals surface area contributed by atoms with E-state index in [1.807, 2.05) is 48.7 Å². The number of hydrogen-bond donors (Lipinski definition) is 1. The van der Waals surface area contributed by atoms with Crippen molar-refractivity contribution in [3.05, 3.63) is 118 Å². The summed E-state index contributed by atoms with van der Waals surface area (Å²) in [4.78, 5) is 31.2. The Morgan fingerprint density at radius 2 is 1.62 bits per heavy atom. The molecule has 0 spiro atoms. The number of amides is 1. The van der Waals surface area contributed by atoms with Crippen LogP contribution in [-0.4, -0.2) is 30.5 Å². The summed E-state index contributed by atoms with van der Waals surface area (Å²) in [7, 11) is 1.39. The van der Waals surface area contributed by atoms with Crippen LogP contribution in [0.25, 0.3) is 0 Å². The fraction of sp³-hybridized carbons (Fsp3) is 0.233. The number of anilines is 1. The number of carbonyl (C=O) groups is 2. The number of thiazole rings is 1. The average Bonchev–Trinajstić information content (AvgIpc) is 3.40. The molecule has 3 aromatic carbocycles. The second-order valence-corrected chi connectivity index (χ2v) is 9.51. The zero-order valence-electron chi connectivity index (χ0n) is 21.1. The van der Waals surface area contributed by atoms with Gasteiger partial charge < -0.3 is 15.0 Å². The highest BCUT2D eigenvalue weighted by Gasteiger charge is 2.25. The van der Waals surface area contributed by atoms with Crippen LogP contribution in [0.1, 0.15) is 45.7 Å². The normalized spacial score (nSPS) is 11.5. The maximum atomic E-state index is 12.2. The van der Waals surface area contributed by atoms with Gasteiger partial charge in [-0.15, -0.1) is 11.3 Å². The minimum absolute atomic E-state index is 0.00351. The molecule has 0 saturated carbocycles. The summed E-state index contributed by atoms with van der Waals surface area (Å²) in [6.07, 6.45) is 0.921. The number of aromatic nitrogens is 1. The van der Waals surface area contributed by atoms with Crippen LogP contribution in [0.2, 0.25) is 0 Å². The maximum Gasteiger partial charge on any atom is 0.311 e. The molecule has 190 valence electrons. The minimum Gasteiger partial charge on any atom is -0.469 e. The molecule has 1 heterocycles. The predicted molar refractivity (Wildman–Crippen MR) is 148 cm³/mol. The van der Waals surface area contributed by atoms with Gasteiger partial charge in [-0.3, -0.25) is 9.59 Å². The molecule has 1 atom stereocenters. The van der Waals surface area contributed by atoms with Gasteiger partial charge in [-0.05, 0) is 42.2 Å². The number of hydrogen-bond acceptors (Lipinski definition) is 6. The molecule has 0 saturated heterocycles. The number of benzene rings is 3. The fourth-order valence-electron chi connectivity index (χ4n) is 4.18. The maximum absolute atomic E-state index is 12.2. The highest BCUT2D eigenvalue weighted by molar-refractivity contribution is 7.13. The Morgan fingerprint density at radius 3 is 2.27 bits per heavy atom. The van der Waals surface area contributed by atoms with Crippen molar-refractivity contribution in [2.45, 2.75) is 32.4 Å². The van der Waals surface area contributed by atoms with Gasteiger partial charge in [0.2, 0.25) is 0 Å². The molecule has 0 bridgehead atoms. The number of rotatable bonds is 11. The number of nitrogens with one attached hydrogen (secondary N) is 1. The van der Waals surface area contributed by atoms with E-state index < -0.39 is 0 Å². The third-order valence-corrected chi connectivity index (χ3v) is 7.00. The number of methoxy groups -OCH3 is 1. The molecular formula is C30H31N3O3S. The van der Waals surface area contributed by atoms with Crippen molar-refractivity contribution in [1.82, 2.24) is 10.3 Å². The largest absolute Gasteiger partial charge is 0.469 e. The lowest BCUT2D eigenvalue weighted by Crippen LogP contribution is -2.30. The van der Waals surface area contributed by atoms with Gasteiger partial charge >= 0.3 is 5.97 Å². The van der Waals surface area contributed by atoms with Gasteiger partial charge in [0.05, 0.1) is 25.3 Å². The first-order valence-electron chi connectivity index (χ1n) is 12.3. The lowest BCUT2D eigenvalue weighted by molar-refractivity contribution is -0.139. The molecule has 0 aliphatic heterocycles. The Morgan fingerprint density at radius 1 is 0.946 bits per heavy atom. The Bertz CT molecular complexity index is 1290. The Hall–Kier alpha value is -3.97. The van der Waals surface area contributed by atoms with Gasteiger partial charge in [0.25, 0.3) is 5.91 Å². The molecule has 6 nitrogen and oxygen atoms in total. The summed E-state index contributed by atoms with van der Waals surface area (Å²) < 4.78 is 4.84. The van der Waals surface area contributed by atoms with Crippen molar-refractivity contribution in [2.24, 2.45) is 0 Å². The van der Waals surface area contributed by atoms with Crippen LogP contribution in [0.3, 0.4) is 0 Å². The summed E-state index contributed by atoms with van der Waals surface area (Å²) >= 11 is 1.52. The van der Waals surface area contributed by atoms with E-state index in [-0.39, 0.29) is 24.3 Å². The zero-order valence-corrected chi connectivity index (χ0v) is 21.9. The van der Waals surface area contributed by atoms with E-state index in [0.29, 0.717) is 24.3 Å². The smallest absolute Gasteiger partial charge is 0.311 e. The van der Waals surface area contributed by atoms with E-state index in [1.54, 1.807) is 0 Å². The number of nitrogens with zero attached hydrogens (tertiary/aromatic N) is 2. The molecule has 4 aromatic rings. The SMILES string of the molecule is CCNC(=O)c1ccc(CN(c2nc(CC(=O)OC)cs2)C(Cc2ccccc2)c2ccccc2)cc1. The molecule has 1 aromatic heterocycles. The van der Waals surface area contributed by atoms with Gasteiger partial charge in [0.1, 0.15) is 0 Å². The first-order chi connectivity index (χ1) is 18.1. The third kappa shape index (κ3) is 7.05. The highest BCUT2D eigenvalue weighted by atomic mass is 32.1. The first-order valence-corrected chi connectivity index (χ1v) is 13.2. The summed E-state index contributed by atoms with van der Waals surface area (Å²) in [6.45, 7) is 3.08. The number of esters is 1. The van der Waals surface area contributed by atoms with Crippen LogP contribution in [0.4, 0.5) is 5.13 Å². The van der Waals surface area contributed by atoms with Crippen LogP contribution in [0.15, 0.2) is 90.3 Å². The van der Waals surface area contributed by atoms with E-state index in [1.165, 1.54) is 29.6 Å². The van der Waals surface area contributed by atoms with Gasteiger partial charge in [-0.2, -0.15) is 0 Å². The van der Waals surface area contributed by atoms with E-state index in [0.717, 1.165) is 17.1 Å². The average molecular weight is 514 g/mol. The van der Waals surface area contributed by atoms with Gasteiger partial charge in [0.15, 0.2) is 5.13 Å². The Balaban J connectivity index is 1.71. The summed E-state index contributed by atoms with van der Waals surface area (Å²) in [5.74, 6) is -0.391. The summed E-state index contributed by atoms with van der Waals surface area (Å²) in [6, 6.07) is 28.5. The molecule has 0 aliphatic rings. The third-order valence-electron chi connectivity index (χ3n) is 6.08. The molecule has 1 amide bonds. The molecule has 0 radical (unpaired) electrons. The van der Waals surface area contributed by atoms with Gasteiger partial charge in [-0.1, -0.05) is 72.8 Å². The molecule has 4 rings (SSSR count). The molecule has 7 heteroatoms. The summed E-state index contributed by atoms with van der Waals surface area (Å²) in [5.41, 5.74) is 4.78. The quantitative estimate of drug-likeness (QED) is 0.264. The van der Waals surface area contributed by atoms with Crippen molar-refractivity contribution in [2.75, 3.05) is 18.6 Å². The lowest BCUT2D eigenvalue weighted by Gasteiger charge is -2.32. The monoisotopic (exact) mass is 513 g/mol. The molecule has 1 N–H and O–H groups in total. The first kappa shape index (κ1) is 26.1. The van der Waals surface area contributed by atoms with Crippen LogP contribution in [0.5, 0.6) is 0 Å². The molecule has 37 heavy (non-hydrogen) atoms. The number of ether oxygens (including phenoxy) is 1. The van der Waals surface area contributed by atoms with Gasteiger partial charge in [0, 0.05) is 24.0 Å². The molecule has 0 fully saturated rings. The van der Waals surface area contributed by atoms with Crippen LogP contribution >= 0.6 is 11.3 Å². The van der Waals surface area contributed by atoms with Crippen LogP contribution < -0.4 is 10.2 Å². The molecule has 0 aliphatic carbocycles. The fourth-order valence-corrected chi connectivity index (χ4v) is 5.06. The topological polar surface area (TPSA) is 71.5 Å². The second kappa shape index (κ2) is 12.8. The second-order valence-electron chi connectivity index (χ2n) is 8.67. The summed E-state index contributed by atoms with van der Waals surface area (Å²) in [5, 5.41) is 5.59. The Kier molecular flexibility index (Phi) is 9.05. The van der Waals surface area contributed by atoms with Crippen molar-refractivity contribution >= 4 is 28.3 Å². The minimum atomic E-state index is -0.312. The molecular weight excluding hydrogens is 482 g/mol. The van der Waals surface area contributed by atoms with E-state index >= 15 is 0 Å². The van der Waals surface area contributed by atoms with E-state index in [2.05, 4.69) is 58.7 Å². The Labute approximate surface area is 221 Å². The number of carbonyl (C=O) groups excluding carboxylic acids is 2. The van der Waals surface area contributed by atoms with E-state index in [4.69, 9.17) is 9.72 Å². The van der Waals surface area contributed by atoms with Crippen LogP contribution in [0, 0.1) is 0 Å².